The fraction of sp³-hybridized carbons (Fsp3) is 0.800. The van der Waals surface area contributed by atoms with Gasteiger partial charge in [-0.05, 0) is 13.8 Å². The lowest BCUT2D eigenvalue weighted by molar-refractivity contribution is -0.132. The predicted molar refractivity (Wildman–Crippen MR) is 57.1 cm³/mol. The normalized spacial score (nSPS) is 18.3. The standard InChI is InChI=1S/C10H19N3O2/c1-10(2,11)7-9(15)13-5-3-8(14)12-4-6-13/h3-7,11H2,1-2H3,(H,12,14). The lowest BCUT2D eigenvalue weighted by Crippen LogP contribution is -2.42. The highest BCUT2D eigenvalue weighted by Crippen LogP contribution is 2.08. The molecule has 3 N–H and O–H groups in total. The largest absolute Gasteiger partial charge is 0.354 e. The molecule has 1 aliphatic heterocycles. The molecule has 0 saturated carbocycles. The van der Waals surface area contributed by atoms with Crippen LogP contribution in [0.1, 0.15) is 26.7 Å². The average molecular weight is 213 g/mol. The quantitative estimate of drug-likeness (QED) is 0.647. The Morgan fingerprint density at radius 1 is 1.53 bits per heavy atom. The second kappa shape index (κ2) is 4.61. The van der Waals surface area contributed by atoms with Gasteiger partial charge >= 0.3 is 0 Å². The summed E-state index contributed by atoms with van der Waals surface area (Å²) >= 11 is 0. The zero-order chi connectivity index (χ0) is 11.5. The summed E-state index contributed by atoms with van der Waals surface area (Å²) in [6, 6.07) is 0. The fourth-order valence-corrected chi connectivity index (χ4v) is 1.52. The van der Waals surface area contributed by atoms with Crippen LogP contribution in [0.3, 0.4) is 0 Å². The molecule has 1 fully saturated rings. The Morgan fingerprint density at radius 3 is 2.80 bits per heavy atom. The number of nitrogens with zero attached hydrogens (tertiary/aromatic N) is 1. The Morgan fingerprint density at radius 2 is 2.20 bits per heavy atom. The maximum absolute atomic E-state index is 11.8. The van der Waals surface area contributed by atoms with Crippen LogP contribution in [-0.4, -0.2) is 41.9 Å². The van der Waals surface area contributed by atoms with E-state index in [4.69, 9.17) is 5.73 Å². The zero-order valence-electron chi connectivity index (χ0n) is 9.38. The van der Waals surface area contributed by atoms with Gasteiger partial charge in [0.2, 0.25) is 11.8 Å². The highest BCUT2D eigenvalue weighted by Gasteiger charge is 2.23. The van der Waals surface area contributed by atoms with Crippen molar-refractivity contribution >= 4 is 11.8 Å². The summed E-state index contributed by atoms with van der Waals surface area (Å²) in [7, 11) is 0. The van der Waals surface area contributed by atoms with Crippen molar-refractivity contribution in [2.24, 2.45) is 5.73 Å². The van der Waals surface area contributed by atoms with E-state index in [0.29, 0.717) is 32.5 Å². The first-order valence-corrected chi connectivity index (χ1v) is 5.22. The van der Waals surface area contributed by atoms with Crippen LogP contribution >= 0.6 is 0 Å². The minimum absolute atomic E-state index is 0.0114. The van der Waals surface area contributed by atoms with Crippen molar-refractivity contribution in [3.63, 3.8) is 0 Å². The van der Waals surface area contributed by atoms with E-state index in [2.05, 4.69) is 5.32 Å². The Bertz CT molecular complexity index is 258. The molecule has 0 unspecified atom stereocenters. The van der Waals surface area contributed by atoms with Crippen molar-refractivity contribution < 1.29 is 9.59 Å². The van der Waals surface area contributed by atoms with Gasteiger partial charge in [0.05, 0.1) is 0 Å². The van der Waals surface area contributed by atoms with Gasteiger partial charge in [-0.2, -0.15) is 0 Å². The number of carbonyl (C=O) groups excluding carboxylic acids is 2. The van der Waals surface area contributed by atoms with E-state index in [1.54, 1.807) is 4.90 Å². The molecule has 0 aliphatic carbocycles. The predicted octanol–water partition coefficient (Wildman–Crippen LogP) is -0.538. The average Bonchev–Trinajstić information content (AvgIpc) is 2.26. The topological polar surface area (TPSA) is 75.4 Å². The first-order valence-electron chi connectivity index (χ1n) is 5.22. The highest BCUT2D eigenvalue weighted by molar-refractivity contribution is 5.80. The van der Waals surface area contributed by atoms with Gasteiger partial charge in [-0.25, -0.2) is 0 Å². The van der Waals surface area contributed by atoms with Crippen molar-refractivity contribution in [2.45, 2.75) is 32.2 Å². The summed E-state index contributed by atoms with van der Waals surface area (Å²) in [6.45, 7) is 5.27. The van der Waals surface area contributed by atoms with Gasteiger partial charge in [0.15, 0.2) is 0 Å². The number of hydrogen-bond donors (Lipinski definition) is 2. The summed E-state index contributed by atoms with van der Waals surface area (Å²) in [5.41, 5.74) is 5.29. The van der Waals surface area contributed by atoms with E-state index < -0.39 is 5.54 Å². The fourth-order valence-electron chi connectivity index (χ4n) is 1.52. The molecular formula is C10H19N3O2. The molecule has 0 aromatic rings. The van der Waals surface area contributed by atoms with Crippen molar-refractivity contribution in [3.8, 4) is 0 Å². The number of carbonyl (C=O) groups is 2. The second-order valence-electron chi connectivity index (χ2n) is 4.65. The molecule has 1 saturated heterocycles. The van der Waals surface area contributed by atoms with Crippen molar-refractivity contribution in [1.82, 2.24) is 10.2 Å². The van der Waals surface area contributed by atoms with Crippen molar-refractivity contribution in [1.29, 1.82) is 0 Å². The summed E-state index contributed by atoms with van der Waals surface area (Å²) in [5, 5.41) is 2.73. The maximum atomic E-state index is 11.8. The lowest BCUT2D eigenvalue weighted by atomic mass is 10.0. The highest BCUT2D eigenvalue weighted by atomic mass is 16.2. The Kier molecular flexibility index (Phi) is 3.68. The molecule has 86 valence electrons. The third-order valence-electron chi connectivity index (χ3n) is 2.27. The summed E-state index contributed by atoms with van der Waals surface area (Å²) in [4.78, 5) is 24.5. The van der Waals surface area contributed by atoms with Gasteiger partial charge in [0, 0.05) is 38.0 Å². The van der Waals surface area contributed by atoms with Crippen LogP contribution in [0, 0.1) is 0 Å². The SMILES string of the molecule is CC(C)(N)CC(=O)N1CCNC(=O)CC1. The van der Waals surface area contributed by atoms with E-state index in [0.717, 1.165) is 0 Å². The molecule has 0 aromatic heterocycles. The van der Waals surface area contributed by atoms with Crippen LogP contribution in [0.25, 0.3) is 0 Å². The molecule has 0 bridgehead atoms. The molecule has 0 spiro atoms. The monoisotopic (exact) mass is 213 g/mol. The third-order valence-corrected chi connectivity index (χ3v) is 2.27. The number of nitrogens with one attached hydrogen (secondary N) is 1. The molecule has 2 amide bonds. The number of hydrogen-bond acceptors (Lipinski definition) is 3. The first kappa shape index (κ1) is 12.0. The molecule has 0 atom stereocenters. The van der Waals surface area contributed by atoms with Crippen LogP contribution in [0.5, 0.6) is 0 Å². The van der Waals surface area contributed by atoms with Gasteiger partial charge in [-0.3, -0.25) is 9.59 Å². The van der Waals surface area contributed by atoms with E-state index in [1.165, 1.54) is 0 Å². The molecule has 0 aromatic carbocycles. The molecule has 1 heterocycles. The minimum atomic E-state index is -0.485. The van der Waals surface area contributed by atoms with Crippen molar-refractivity contribution in [2.75, 3.05) is 19.6 Å². The summed E-state index contributed by atoms with van der Waals surface area (Å²) in [5.74, 6) is 0.0382. The van der Waals surface area contributed by atoms with Crippen LogP contribution < -0.4 is 11.1 Å². The van der Waals surface area contributed by atoms with Gasteiger partial charge in [-0.1, -0.05) is 0 Å². The van der Waals surface area contributed by atoms with Gasteiger partial charge in [0.25, 0.3) is 0 Å². The van der Waals surface area contributed by atoms with E-state index >= 15 is 0 Å². The number of rotatable bonds is 2. The molecule has 5 nitrogen and oxygen atoms in total. The van der Waals surface area contributed by atoms with Crippen LogP contribution in [0.2, 0.25) is 0 Å². The van der Waals surface area contributed by atoms with Crippen LogP contribution in [-0.2, 0) is 9.59 Å². The Balaban J connectivity index is 2.49. The van der Waals surface area contributed by atoms with E-state index in [9.17, 15) is 9.59 Å². The lowest BCUT2D eigenvalue weighted by Gasteiger charge is -2.24. The molecule has 0 radical (unpaired) electrons. The molecule has 15 heavy (non-hydrogen) atoms. The molecule has 5 heteroatoms. The second-order valence-corrected chi connectivity index (χ2v) is 4.65. The van der Waals surface area contributed by atoms with Crippen LogP contribution in [0.4, 0.5) is 0 Å². The van der Waals surface area contributed by atoms with Crippen LogP contribution in [0.15, 0.2) is 0 Å². The molecule has 1 aliphatic rings. The first-order chi connectivity index (χ1) is 6.88. The number of nitrogens with two attached hydrogens (primary N) is 1. The van der Waals surface area contributed by atoms with Gasteiger partial charge in [-0.15, -0.1) is 0 Å². The maximum Gasteiger partial charge on any atom is 0.224 e. The van der Waals surface area contributed by atoms with Gasteiger partial charge in [0.1, 0.15) is 0 Å². The molecular weight excluding hydrogens is 194 g/mol. The minimum Gasteiger partial charge on any atom is -0.354 e. The van der Waals surface area contributed by atoms with Gasteiger partial charge < -0.3 is 16.0 Å². The Labute approximate surface area is 90.0 Å². The Hall–Kier alpha value is -1.10. The smallest absolute Gasteiger partial charge is 0.224 e. The molecule has 1 rings (SSSR count). The van der Waals surface area contributed by atoms with Crippen molar-refractivity contribution in [3.05, 3.63) is 0 Å². The summed E-state index contributed by atoms with van der Waals surface area (Å²) in [6.07, 6.45) is 0.706. The zero-order valence-corrected chi connectivity index (χ0v) is 9.38. The summed E-state index contributed by atoms with van der Waals surface area (Å²) < 4.78 is 0. The number of amides is 2. The van der Waals surface area contributed by atoms with E-state index in [-0.39, 0.29) is 11.8 Å². The van der Waals surface area contributed by atoms with E-state index in [1.807, 2.05) is 13.8 Å². The third kappa shape index (κ3) is 4.29.